The smallest absolute Gasteiger partial charge is 0.287 e. The first-order valence-electron chi connectivity index (χ1n) is 8.98. The van der Waals surface area contributed by atoms with E-state index in [2.05, 4.69) is 5.32 Å². The Morgan fingerprint density at radius 1 is 0.759 bits per heavy atom. The van der Waals surface area contributed by atoms with Crippen LogP contribution >= 0.6 is 0 Å². The zero-order valence-electron chi connectivity index (χ0n) is 16.2. The van der Waals surface area contributed by atoms with Crippen LogP contribution in [-0.4, -0.2) is 141 Å². The maximum atomic E-state index is 12.5. The Morgan fingerprint density at radius 2 is 1.21 bits per heavy atom. The number of aliphatic hydroxyl groups excluding tert-OH is 7. The quantitative estimate of drug-likeness (QED) is 0.0934. The second-order valence-electron chi connectivity index (χ2n) is 6.88. The summed E-state index contributed by atoms with van der Waals surface area (Å²) in [5.41, 5.74) is -4.65. The normalized spacial score (nSPS) is 17.3. The fourth-order valence-corrected chi connectivity index (χ4v) is 4.56. The van der Waals surface area contributed by atoms with Crippen molar-refractivity contribution >= 4 is 10.1 Å². The van der Waals surface area contributed by atoms with E-state index in [9.17, 15) is 53.8 Å². The van der Waals surface area contributed by atoms with Crippen LogP contribution in [0.15, 0.2) is 0 Å². The van der Waals surface area contributed by atoms with Crippen LogP contribution in [0.25, 0.3) is 0 Å². The van der Waals surface area contributed by atoms with E-state index in [1.165, 1.54) is 4.90 Å². The summed E-state index contributed by atoms with van der Waals surface area (Å²) in [6, 6.07) is 0. The van der Waals surface area contributed by atoms with Gasteiger partial charge >= 0.3 is 0 Å². The minimum atomic E-state index is -5.32. The van der Waals surface area contributed by atoms with E-state index in [-0.39, 0.29) is 13.1 Å². The van der Waals surface area contributed by atoms with E-state index in [0.29, 0.717) is 0 Å². The largest absolute Gasteiger partial charge is 0.396 e. The number of rotatable bonds is 17. The molecule has 0 bridgehead atoms. The maximum Gasteiger partial charge on any atom is 0.287 e. The van der Waals surface area contributed by atoms with Crippen LogP contribution in [0.1, 0.15) is 12.8 Å². The molecule has 0 rings (SSSR count). The number of nitrogens with one attached hydrogen (secondary N) is 1. The van der Waals surface area contributed by atoms with Gasteiger partial charge < -0.3 is 40.9 Å². The third kappa shape index (κ3) is 6.75. The minimum Gasteiger partial charge on any atom is -0.396 e. The van der Waals surface area contributed by atoms with Crippen molar-refractivity contribution in [3.05, 3.63) is 0 Å². The summed E-state index contributed by atoms with van der Waals surface area (Å²) in [5, 5.41) is 79.6. The number of nitrogens with zero attached hydrogens (tertiary/aromatic N) is 1. The Morgan fingerprint density at radius 3 is 1.52 bits per heavy atom. The van der Waals surface area contributed by atoms with Gasteiger partial charge in [0.2, 0.25) is 0 Å². The highest BCUT2D eigenvalue weighted by Crippen LogP contribution is 2.36. The Labute approximate surface area is 169 Å². The van der Waals surface area contributed by atoms with Gasteiger partial charge in [0.1, 0.15) is 5.60 Å². The van der Waals surface area contributed by atoms with Gasteiger partial charge in [0, 0.05) is 45.7 Å². The van der Waals surface area contributed by atoms with Crippen molar-refractivity contribution in [2.45, 2.75) is 28.9 Å². The molecule has 10 N–H and O–H groups in total. The Kier molecular flexibility index (Phi) is 12.2. The monoisotopic (exact) mass is 450 g/mol. The second kappa shape index (κ2) is 12.4. The lowest BCUT2D eigenvalue weighted by Gasteiger charge is -2.50. The molecule has 0 aliphatic carbocycles. The number of aliphatic hydroxyl groups is 8. The summed E-state index contributed by atoms with van der Waals surface area (Å²) in [6.45, 7) is -6.35. The van der Waals surface area contributed by atoms with Crippen molar-refractivity contribution in [1.29, 1.82) is 0 Å². The van der Waals surface area contributed by atoms with Crippen molar-refractivity contribution in [2.75, 3.05) is 65.9 Å². The first-order valence-corrected chi connectivity index (χ1v) is 10.4. The van der Waals surface area contributed by atoms with E-state index in [4.69, 9.17) is 0 Å². The minimum absolute atomic E-state index is 0.111. The van der Waals surface area contributed by atoms with Crippen molar-refractivity contribution < 1.29 is 53.8 Å². The molecule has 0 spiro atoms. The topological polar surface area (TPSA) is 231 Å². The number of hydrogen-bond donors (Lipinski definition) is 10. The second-order valence-corrected chi connectivity index (χ2v) is 8.53. The summed E-state index contributed by atoms with van der Waals surface area (Å²) in [7, 11) is -5.32. The van der Waals surface area contributed by atoms with Gasteiger partial charge in [-0.2, -0.15) is 8.42 Å². The maximum absolute atomic E-state index is 12.5. The highest BCUT2D eigenvalue weighted by atomic mass is 32.2. The lowest BCUT2D eigenvalue weighted by atomic mass is 9.84. The molecular weight excluding hydrogens is 416 g/mol. The molecule has 0 saturated carbocycles. The predicted molar refractivity (Wildman–Crippen MR) is 100 cm³/mol. The van der Waals surface area contributed by atoms with Crippen LogP contribution in [0.5, 0.6) is 0 Å². The molecule has 2 unspecified atom stereocenters. The lowest BCUT2D eigenvalue weighted by Crippen LogP contribution is -2.77. The first kappa shape index (κ1) is 28.5. The summed E-state index contributed by atoms with van der Waals surface area (Å²) in [6.07, 6.45) is -1.51. The SMILES string of the molecule is O=S(=O)(O)C(CCO)(NC(CO)(CO)CO)C(O)(CCO)CN(CCO)CCO. The molecule has 0 aromatic carbocycles. The first-order chi connectivity index (χ1) is 13.5. The van der Waals surface area contributed by atoms with Crippen molar-refractivity contribution in [3.8, 4) is 0 Å². The summed E-state index contributed by atoms with van der Waals surface area (Å²) in [4.78, 5) is -1.60. The molecule has 0 heterocycles. The van der Waals surface area contributed by atoms with Crippen LogP contribution in [0.3, 0.4) is 0 Å². The van der Waals surface area contributed by atoms with Crippen LogP contribution in [0.2, 0.25) is 0 Å². The molecule has 2 atom stereocenters. The van der Waals surface area contributed by atoms with Gasteiger partial charge in [-0.1, -0.05) is 0 Å². The molecule has 14 heteroatoms. The van der Waals surface area contributed by atoms with Crippen LogP contribution in [-0.2, 0) is 10.1 Å². The zero-order chi connectivity index (χ0) is 22.8. The zero-order valence-corrected chi connectivity index (χ0v) is 17.0. The van der Waals surface area contributed by atoms with Crippen LogP contribution < -0.4 is 5.32 Å². The van der Waals surface area contributed by atoms with Gasteiger partial charge in [-0.05, 0) is 0 Å². The van der Waals surface area contributed by atoms with Crippen molar-refractivity contribution in [3.63, 3.8) is 0 Å². The predicted octanol–water partition coefficient (Wildman–Crippen LogP) is -5.34. The summed E-state index contributed by atoms with van der Waals surface area (Å²) in [5.74, 6) is 0. The molecule has 13 nitrogen and oxygen atoms in total. The Bertz CT molecular complexity index is 546. The number of hydrogen-bond acceptors (Lipinski definition) is 12. The van der Waals surface area contributed by atoms with Gasteiger partial charge in [0.15, 0.2) is 4.87 Å². The summed E-state index contributed by atoms with van der Waals surface area (Å²) >= 11 is 0. The third-order valence-electron chi connectivity index (χ3n) is 4.87. The van der Waals surface area contributed by atoms with Gasteiger partial charge in [-0.25, -0.2) is 0 Å². The van der Waals surface area contributed by atoms with Crippen LogP contribution in [0.4, 0.5) is 0 Å². The molecule has 0 aromatic heterocycles. The van der Waals surface area contributed by atoms with Crippen molar-refractivity contribution in [1.82, 2.24) is 10.2 Å². The Balaban J connectivity index is 6.65. The molecular formula is C15H34N2O11S. The van der Waals surface area contributed by atoms with E-state index in [1.807, 2.05) is 0 Å². The molecule has 0 aliphatic rings. The van der Waals surface area contributed by atoms with E-state index >= 15 is 0 Å². The average Bonchev–Trinajstić information content (AvgIpc) is 2.65. The van der Waals surface area contributed by atoms with E-state index in [0.717, 1.165) is 0 Å². The van der Waals surface area contributed by atoms with Gasteiger partial charge in [0.05, 0.1) is 38.6 Å². The van der Waals surface area contributed by atoms with Gasteiger partial charge in [-0.15, -0.1) is 0 Å². The van der Waals surface area contributed by atoms with Crippen molar-refractivity contribution in [2.24, 2.45) is 0 Å². The van der Waals surface area contributed by atoms with E-state index in [1.54, 1.807) is 0 Å². The lowest BCUT2D eigenvalue weighted by molar-refractivity contribution is -0.0908. The molecule has 0 aliphatic heterocycles. The third-order valence-corrected chi connectivity index (χ3v) is 6.44. The fraction of sp³-hybridized carbons (Fsp3) is 1.00. The molecule has 0 radical (unpaired) electrons. The molecule has 29 heavy (non-hydrogen) atoms. The van der Waals surface area contributed by atoms with E-state index < -0.39 is 91.8 Å². The Hall–Kier alpha value is -0.490. The molecule has 0 saturated heterocycles. The summed E-state index contributed by atoms with van der Waals surface area (Å²) < 4.78 is 35.0. The molecule has 0 fully saturated rings. The standard InChI is InChI=1S/C15H34N2O11S/c18-5-1-14(25,9-17(3-7-20)4-8-21)15(2-6-19,29(26,27)28)16-13(10-22,11-23)12-24/h16,18-25H,1-12H2,(H,26,27,28). The molecule has 0 aromatic rings. The van der Waals surface area contributed by atoms with Crippen LogP contribution in [0, 0.1) is 0 Å². The fourth-order valence-electron chi connectivity index (χ4n) is 3.22. The van der Waals surface area contributed by atoms with Gasteiger partial charge in [0.25, 0.3) is 10.1 Å². The highest BCUT2D eigenvalue weighted by molar-refractivity contribution is 7.87. The molecule has 176 valence electrons. The highest BCUT2D eigenvalue weighted by Gasteiger charge is 2.61. The van der Waals surface area contributed by atoms with Gasteiger partial charge in [-0.3, -0.25) is 14.8 Å². The average molecular weight is 451 g/mol. The molecule has 0 amide bonds.